The first kappa shape index (κ1) is 106. The van der Waals surface area contributed by atoms with Gasteiger partial charge in [0.15, 0.2) is 0 Å². The van der Waals surface area contributed by atoms with E-state index in [9.17, 15) is 0 Å². The van der Waals surface area contributed by atoms with Gasteiger partial charge in [0.05, 0.1) is 96.2 Å². The normalized spacial score (nSPS) is 10.9. The third kappa shape index (κ3) is 32.7. The minimum Gasteiger partial charge on any atom is -0.400 e. The first-order valence-corrected chi connectivity index (χ1v) is 51.9. The molecule has 18 aromatic rings. The fourth-order valence-corrected chi connectivity index (χ4v) is 26.3. The summed E-state index contributed by atoms with van der Waals surface area (Å²) in [6, 6.07) is 150. The molecule has 0 bridgehead atoms. The van der Waals surface area contributed by atoms with Crippen LogP contribution in [0.5, 0.6) is 0 Å². The quantitative estimate of drug-likeness (QED) is 0.0305. The maximum Gasteiger partial charge on any atom is 1.00 e. The Hall–Kier alpha value is -10.5. The van der Waals surface area contributed by atoms with Crippen molar-refractivity contribution in [3.63, 3.8) is 0 Å². The van der Waals surface area contributed by atoms with E-state index in [4.69, 9.17) is 52.2 Å². The van der Waals surface area contributed by atoms with Crippen LogP contribution in [0, 0.1) is 20.5 Å². The molecule has 17 nitrogen and oxygen atoms in total. The van der Waals surface area contributed by atoms with E-state index in [1.807, 2.05) is 62.9 Å². The van der Waals surface area contributed by atoms with Crippen molar-refractivity contribution in [2.45, 2.75) is 13.8 Å². The Kier molecular flexibility index (Phi) is 45.3. The van der Waals surface area contributed by atoms with Crippen molar-refractivity contribution < 1.29 is 107 Å². The smallest absolute Gasteiger partial charge is 0.400 e. The van der Waals surface area contributed by atoms with Crippen LogP contribution >= 0.6 is 31.7 Å². The van der Waals surface area contributed by atoms with Gasteiger partial charge < -0.3 is 14.9 Å². The summed E-state index contributed by atoms with van der Waals surface area (Å²) in [5.41, 5.74) is 13.3. The second-order valence-electron chi connectivity index (χ2n) is 29.4. The molecule has 0 amide bonds. The van der Waals surface area contributed by atoms with Crippen molar-refractivity contribution >= 4 is 118 Å². The molecule has 4 aromatic heterocycles. The molecule has 2 N–H and O–H groups in total. The third-order valence-electron chi connectivity index (χ3n) is 21.2. The minimum absolute atomic E-state index is 0. The van der Waals surface area contributed by atoms with Crippen molar-refractivity contribution in [2.75, 3.05) is 65.7 Å². The Labute approximate surface area is 809 Å². The van der Waals surface area contributed by atoms with Gasteiger partial charge in [-0.2, -0.15) is 0 Å². The zero-order valence-corrected chi connectivity index (χ0v) is 81.2. The van der Waals surface area contributed by atoms with E-state index >= 15 is 0 Å². The van der Waals surface area contributed by atoms with Gasteiger partial charge in [-0.1, -0.05) is 291 Å². The van der Waals surface area contributed by atoms with Gasteiger partial charge in [-0.15, -0.1) is 20.5 Å². The molecular weight excluding hydrogens is 1880 g/mol. The topological polar surface area (TPSA) is 292 Å². The number of pyridine rings is 4. The molecule has 686 valence electrons. The standard InChI is InChI=1S/C54H52N2P4.2C24H16N2.C4H10O.2CH4O.2ClHO4.2Cu/c1-9-25-47(26-10-1)57(48-27-11-2-12-28-48)43-55(44-58(49-29-13-3-14-30-49)50-31-15-4-16-32-50)41-42-56(45-59(51-33-17-5-18-34-51)52-35-19-6-20-36-52)46-60(53-37-21-7-22-38-53)54-39-23-8-24-40-54;2*1-3-7-17(8-4-1)19-13-15-25-23-21(19)11-12-22-20(14-16-26-24(22)23)18-9-5-2-6-10-18;1-3-5-4-2;2*1-2;2*2-1(3,4)5;;/h1-40H,41-46H2;2*1-16H;3-4H2,1-2H3;2*2H,1H3;2*(H,2,3,4,5);;/q;;;;;;;;2*+1/p+2. The second-order valence-corrected chi connectivity index (χ2v) is 40.6. The molecule has 0 unspecified atom stereocenters. The number of ether oxygens (including phenoxy) is 1. The van der Waals surface area contributed by atoms with E-state index in [2.05, 4.69) is 418 Å². The molecule has 18 rings (SSSR count). The molecule has 0 aliphatic rings. The van der Waals surface area contributed by atoms with E-state index in [1.165, 1.54) is 86.9 Å². The van der Waals surface area contributed by atoms with Gasteiger partial charge in [-0.3, -0.25) is 19.9 Å². The van der Waals surface area contributed by atoms with Gasteiger partial charge in [0.1, 0.15) is 25.1 Å². The summed E-state index contributed by atoms with van der Waals surface area (Å²) >= 11 is 0. The number of aromatic nitrogens is 4. The van der Waals surface area contributed by atoms with Crippen LogP contribution in [0.25, 0.3) is 88.1 Å². The summed E-state index contributed by atoms with van der Waals surface area (Å²) in [7, 11) is -12.4. The molecule has 0 saturated heterocycles. The Morgan fingerprint density at radius 1 is 0.233 bits per heavy atom. The number of aliphatic hydroxyl groups excluding tert-OH is 2. The zero-order chi connectivity index (χ0) is 92.4. The fourth-order valence-electron chi connectivity index (χ4n) is 15.5. The Morgan fingerprint density at radius 3 is 0.511 bits per heavy atom. The Bertz CT molecular complexity index is 5410. The van der Waals surface area contributed by atoms with Crippen molar-refractivity contribution in [2.24, 2.45) is 0 Å². The molecule has 14 aromatic carbocycles. The van der Waals surface area contributed by atoms with Crippen LogP contribution in [0.1, 0.15) is 13.8 Å². The predicted octanol–water partition coefficient (Wildman–Crippen LogP) is 11.9. The minimum atomic E-state index is -4.94. The van der Waals surface area contributed by atoms with Crippen molar-refractivity contribution in [1.29, 1.82) is 0 Å². The summed E-state index contributed by atoms with van der Waals surface area (Å²) in [4.78, 5) is 24.4. The molecular formula is C108H106Cl2Cu2N6O11P4+4. The average molecular weight is 1990 g/mol. The maximum atomic E-state index is 8.49. The molecule has 0 fully saturated rings. The van der Waals surface area contributed by atoms with Gasteiger partial charge >= 0.3 is 34.1 Å². The number of aliphatic hydroxyl groups is 2. The predicted molar refractivity (Wildman–Crippen MR) is 529 cm³/mol. The van der Waals surface area contributed by atoms with Crippen LogP contribution in [-0.4, -0.2) is 106 Å². The number of fused-ring (bicyclic) bond motifs is 6. The van der Waals surface area contributed by atoms with Crippen LogP contribution in [0.4, 0.5) is 0 Å². The van der Waals surface area contributed by atoms with Crippen LogP contribution in [0.15, 0.2) is 437 Å². The van der Waals surface area contributed by atoms with Crippen molar-refractivity contribution in [1.82, 2.24) is 29.7 Å². The maximum absolute atomic E-state index is 8.49. The van der Waals surface area contributed by atoms with Crippen LogP contribution in [-0.2, 0) is 38.9 Å². The molecule has 0 aliphatic carbocycles. The SMILES string of the molecule is CCOCC.CO.CO.[Cu+].[Cu+].[O-][Cl+3]([O-])([O-])[O-].[O-][Cl+3]([O-])([O-])[O-].c1ccc(-c2ccnc3c2ccc2c(-c4ccccc4)ccnc23)cc1.c1ccc(-c2ccnc3c2ccc2c(-c4ccccc4)ccnc23)cc1.c1ccc([PH+](CN(CCN(C[PH+](c2ccccc2)c2ccccc2)C[PH+](c2ccccc2)c2ccccc2)C[PH+](c2ccccc2)c2ccccc2)c2ccccc2)cc1. The molecule has 0 saturated carbocycles. The van der Waals surface area contributed by atoms with Gasteiger partial charge in [-0.05, 0) is 180 Å². The van der Waals surface area contributed by atoms with Gasteiger partial charge in [0, 0.05) is 86.9 Å². The summed E-state index contributed by atoms with van der Waals surface area (Å²) in [6.45, 7) is 7.66. The third-order valence-corrected chi connectivity index (χ3v) is 32.5. The Morgan fingerprint density at radius 2 is 0.376 bits per heavy atom. The first-order valence-electron chi connectivity index (χ1n) is 42.6. The number of halogens is 2. The number of benzene rings is 14. The number of hydrogen-bond acceptors (Lipinski definition) is 17. The summed E-state index contributed by atoms with van der Waals surface area (Å²) < 4.78 is 72.8. The molecule has 4 heterocycles. The summed E-state index contributed by atoms with van der Waals surface area (Å²) in [5, 5.41) is 30.3. The number of rotatable bonds is 25. The van der Waals surface area contributed by atoms with E-state index in [0.29, 0.717) is 0 Å². The second kappa shape index (κ2) is 56.7. The van der Waals surface area contributed by atoms with Gasteiger partial charge in [0.2, 0.25) is 0 Å². The fraction of sp³-hybridized carbons (Fsp3) is 0.111. The van der Waals surface area contributed by atoms with E-state index in [-0.39, 0.29) is 34.1 Å². The molecule has 0 atom stereocenters. The largest absolute Gasteiger partial charge is 1.00 e. The first-order chi connectivity index (χ1) is 64.0. The molecule has 25 heteroatoms. The average Bonchev–Trinajstić information content (AvgIpc) is 0.760. The molecule has 0 radical (unpaired) electrons. The van der Waals surface area contributed by atoms with E-state index in [1.54, 1.807) is 0 Å². The van der Waals surface area contributed by atoms with Crippen LogP contribution < -0.4 is 79.7 Å². The number of nitrogens with zero attached hydrogens (tertiary/aromatic N) is 6. The van der Waals surface area contributed by atoms with E-state index in [0.717, 1.165) is 109 Å². The van der Waals surface area contributed by atoms with Gasteiger partial charge in [0.25, 0.3) is 0 Å². The van der Waals surface area contributed by atoms with Gasteiger partial charge in [-0.25, -0.2) is 47.1 Å². The van der Waals surface area contributed by atoms with Crippen LogP contribution in [0.3, 0.4) is 0 Å². The number of hydrogen-bond donors (Lipinski definition) is 2. The zero-order valence-electron chi connectivity index (χ0n) is 73.8. The molecule has 133 heavy (non-hydrogen) atoms. The molecule has 0 spiro atoms. The summed E-state index contributed by atoms with van der Waals surface area (Å²) in [6.07, 6.45) is 11.7. The summed E-state index contributed by atoms with van der Waals surface area (Å²) in [5.74, 6) is 0. The molecule has 0 aliphatic heterocycles. The monoisotopic (exact) mass is 1980 g/mol. The van der Waals surface area contributed by atoms with Crippen LogP contribution in [0.2, 0.25) is 0 Å². The van der Waals surface area contributed by atoms with Crippen molar-refractivity contribution in [3.05, 3.63) is 437 Å². The van der Waals surface area contributed by atoms with E-state index < -0.39 is 52.2 Å². The Balaban J connectivity index is 0.000000224. The van der Waals surface area contributed by atoms with Crippen molar-refractivity contribution in [3.8, 4) is 44.5 Å².